The fraction of sp³-hybridized carbons (Fsp3) is 0.600. The van der Waals surface area contributed by atoms with Crippen LogP contribution in [0.5, 0.6) is 5.75 Å². The molecule has 4 heteroatoms. The van der Waals surface area contributed by atoms with Crippen LogP contribution in [0.3, 0.4) is 0 Å². The van der Waals surface area contributed by atoms with E-state index in [1.165, 1.54) is 12.0 Å². The van der Waals surface area contributed by atoms with Crippen molar-refractivity contribution in [3.05, 3.63) is 29.8 Å². The second-order valence-electron chi connectivity index (χ2n) is 5.74. The summed E-state index contributed by atoms with van der Waals surface area (Å²) < 4.78 is 0. The monoisotopic (exact) mass is 261 g/mol. The molecule has 3 nitrogen and oxygen atoms in total. The molecule has 0 bridgehead atoms. The summed E-state index contributed by atoms with van der Waals surface area (Å²) >= 11 is 0. The molecule has 1 unspecified atom stereocenters. The van der Waals surface area contributed by atoms with Gasteiger partial charge in [0.05, 0.1) is 0 Å². The van der Waals surface area contributed by atoms with Gasteiger partial charge in [-0.3, -0.25) is 0 Å². The average Bonchev–Trinajstić information content (AvgIpc) is 2.62. The van der Waals surface area contributed by atoms with Crippen LogP contribution in [0.2, 0.25) is 6.82 Å². The van der Waals surface area contributed by atoms with E-state index in [2.05, 4.69) is 17.8 Å². The molecule has 0 aliphatic carbocycles. The van der Waals surface area contributed by atoms with Crippen LogP contribution in [0.25, 0.3) is 0 Å². The minimum atomic E-state index is -0.402. The van der Waals surface area contributed by atoms with Gasteiger partial charge in [-0.25, -0.2) is 0 Å². The molecule has 1 aliphatic rings. The van der Waals surface area contributed by atoms with Crippen molar-refractivity contribution in [3.63, 3.8) is 0 Å². The molecule has 1 atom stereocenters. The van der Waals surface area contributed by atoms with E-state index >= 15 is 0 Å². The van der Waals surface area contributed by atoms with Crippen molar-refractivity contribution in [2.24, 2.45) is 0 Å². The van der Waals surface area contributed by atoms with Gasteiger partial charge in [0, 0.05) is 5.41 Å². The van der Waals surface area contributed by atoms with Crippen LogP contribution in [0.1, 0.15) is 38.2 Å². The first-order chi connectivity index (χ1) is 9.07. The molecule has 19 heavy (non-hydrogen) atoms. The summed E-state index contributed by atoms with van der Waals surface area (Å²) in [6, 6.07) is 7.62. The lowest BCUT2D eigenvalue weighted by molar-refractivity contribution is 0.283. The second-order valence-corrected chi connectivity index (χ2v) is 5.74. The third-order valence-electron chi connectivity index (χ3n) is 4.52. The smallest absolute Gasteiger partial charge is 0.376 e. The Morgan fingerprint density at radius 3 is 2.79 bits per heavy atom. The second kappa shape index (κ2) is 5.97. The minimum absolute atomic E-state index is 0.0478. The summed E-state index contributed by atoms with van der Waals surface area (Å²) in [7, 11) is -0.402. The van der Waals surface area contributed by atoms with Crippen LogP contribution >= 0.6 is 0 Å². The molecule has 104 valence electrons. The molecule has 1 aromatic rings. The van der Waals surface area contributed by atoms with Gasteiger partial charge in [0.2, 0.25) is 0 Å². The molecule has 1 saturated heterocycles. The molecule has 0 radical (unpaired) electrons. The predicted octanol–water partition coefficient (Wildman–Crippen LogP) is 2.64. The van der Waals surface area contributed by atoms with E-state index in [9.17, 15) is 10.1 Å². The van der Waals surface area contributed by atoms with Gasteiger partial charge in [-0.05, 0) is 56.9 Å². The van der Waals surface area contributed by atoms with E-state index in [1.807, 2.05) is 19.0 Å². The van der Waals surface area contributed by atoms with Crippen molar-refractivity contribution < 1.29 is 10.1 Å². The van der Waals surface area contributed by atoms with Gasteiger partial charge in [-0.15, -0.1) is 0 Å². The zero-order chi connectivity index (χ0) is 13.9. The standard InChI is InChI=1S/C15H24BNO2/c1-3-15(13-7-6-8-14(18)11-13)9-4-5-10-17(12-15)16(2)19/h6-8,11,18-19H,3-5,9-10,12H2,1-2H3. The molecule has 1 fully saturated rings. The van der Waals surface area contributed by atoms with Gasteiger partial charge < -0.3 is 14.9 Å². The first-order valence-corrected chi connectivity index (χ1v) is 7.29. The topological polar surface area (TPSA) is 43.7 Å². The van der Waals surface area contributed by atoms with E-state index in [1.54, 1.807) is 6.07 Å². The summed E-state index contributed by atoms with van der Waals surface area (Å²) in [4.78, 5) is 2.15. The average molecular weight is 261 g/mol. The van der Waals surface area contributed by atoms with Crippen molar-refractivity contribution in [1.29, 1.82) is 0 Å². The van der Waals surface area contributed by atoms with Gasteiger partial charge in [0.15, 0.2) is 0 Å². The Balaban J connectivity index is 2.34. The highest BCUT2D eigenvalue weighted by molar-refractivity contribution is 6.45. The normalized spacial score (nSPS) is 25.0. The van der Waals surface area contributed by atoms with Gasteiger partial charge in [-0.1, -0.05) is 25.5 Å². The number of nitrogens with zero attached hydrogens (tertiary/aromatic N) is 1. The van der Waals surface area contributed by atoms with Crippen LogP contribution < -0.4 is 0 Å². The molecule has 0 saturated carbocycles. The maximum absolute atomic E-state index is 9.91. The van der Waals surface area contributed by atoms with E-state index in [4.69, 9.17) is 0 Å². The van der Waals surface area contributed by atoms with Crippen LogP contribution in [-0.4, -0.2) is 35.1 Å². The molecule has 0 amide bonds. The molecule has 1 aromatic carbocycles. The lowest BCUT2D eigenvalue weighted by atomic mass is 9.72. The highest BCUT2D eigenvalue weighted by atomic mass is 16.3. The SMILES string of the molecule is CCC1(c2cccc(O)c2)CCCCN(B(C)O)C1. The molecular weight excluding hydrogens is 237 g/mol. The van der Waals surface area contributed by atoms with Crippen LogP contribution in [0.15, 0.2) is 24.3 Å². The number of rotatable bonds is 3. The van der Waals surface area contributed by atoms with E-state index < -0.39 is 7.05 Å². The van der Waals surface area contributed by atoms with Crippen LogP contribution in [0.4, 0.5) is 0 Å². The van der Waals surface area contributed by atoms with E-state index in [-0.39, 0.29) is 5.41 Å². The zero-order valence-corrected chi connectivity index (χ0v) is 12.0. The summed E-state index contributed by atoms with van der Waals surface area (Å²) in [6.45, 7) is 5.87. The van der Waals surface area contributed by atoms with Crippen LogP contribution in [-0.2, 0) is 5.41 Å². The summed E-state index contributed by atoms with van der Waals surface area (Å²) in [5.74, 6) is 0.332. The number of phenols is 1. The third kappa shape index (κ3) is 3.12. The van der Waals surface area contributed by atoms with E-state index in [0.717, 1.165) is 32.4 Å². The predicted molar refractivity (Wildman–Crippen MR) is 79.3 cm³/mol. The number of benzene rings is 1. The van der Waals surface area contributed by atoms with Crippen LogP contribution in [0, 0.1) is 0 Å². The first kappa shape index (κ1) is 14.4. The van der Waals surface area contributed by atoms with Gasteiger partial charge in [-0.2, -0.15) is 0 Å². The largest absolute Gasteiger partial charge is 0.508 e. The van der Waals surface area contributed by atoms with Gasteiger partial charge in [0.25, 0.3) is 0 Å². The minimum Gasteiger partial charge on any atom is -0.508 e. The fourth-order valence-corrected chi connectivity index (χ4v) is 3.21. The number of phenolic OH excluding ortho intramolecular Hbond substituents is 1. The van der Waals surface area contributed by atoms with Gasteiger partial charge in [0.1, 0.15) is 5.75 Å². The quantitative estimate of drug-likeness (QED) is 0.822. The Morgan fingerprint density at radius 2 is 2.16 bits per heavy atom. The maximum atomic E-state index is 9.91. The zero-order valence-electron chi connectivity index (χ0n) is 12.0. The summed E-state index contributed by atoms with van der Waals surface area (Å²) in [6.07, 6.45) is 4.45. The molecule has 0 aromatic heterocycles. The third-order valence-corrected chi connectivity index (χ3v) is 4.52. The molecule has 0 spiro atoms. The number of hydrogen-bond donors (Lipinski definition) is 2. The molecule has 1 aliphatic heterocycles. The highest BCUT2D eigenvalue weighted by Crippen LogP contribution is 2.37. The molecular formula is C15H24BNO2. The van der Waals surface area contributed by atoms with Crippen molar-refractivity contribution in [3.8, 4) is 5.75 Å². The summed E-state index contributed by atoms with van der Waals surface area (Å²) in [5, 5.41) is 19.6. The Hall–Kier alpha value is -0.995. The van der Waals surface area contributed by atoms with Gasteiger partial charge >= 0.3 is 7.05 Å². The first-order valence-electron chi connectivity index (χ1n) is 7.29. The molecule has 2 rings (SSSR count). The number of aromatic hydroxyl groups is 1. The lowest BCUT2D eigenvalue weighted by Crippen LogP contribution is -2.45. The highest BCUT2D eigenvalue weighted by Gasteiger charge is 2.36. The number of hydrogen-bond acceptors (Lipinski definition) is 3. The Kier molecular flexibility index (Phi) is 4.53. The molecule has 2 N–H and O–H groups in total. The Bertz CT molecular complexity index is 424. The Morgan fingerprint density at radius 1 is 1.37 bits per heavy atom. The Labute approximate surface area is 116 Å². The summed E-state index contributed by atoms with van der Waals surface area (Å²) in [5.41, 5.74) is 1.24. The van der Waals surface area contributed by atoms with Crippen molar-refractivity contribution in [2.45, 2.75) is 44.8 Å². The lowest BCUT2D eigenvalue weighted by Gasteiger charge is -2.37. The van der Waals surface area contributed by atoms with Crippen molar-refractivity contribution >= 4 is 7.05 Å². The molecule has 1 heterocycles. The van der Waals surface area contributed by atoms with Crippen molar-refractivity contribution in [1.82, 2.24) is 4.81 Å². The van der Waals surface area contributed by atoms with E-state index in [0.29, 0.717) is 5.75 Å². The maximum Gasteiger partial charge on any atom is 0.376 e. The fourth-order valence-electron chi connectivity index (χ4n) is 3.21. The van der Waals surface area contributed by atoms with Crippen molar-refractivity contribution in [2.75, 3.05) is 13.1 Å².